The van der Waals surface area contributed by atoms with Crippen molar-refractivity contribution in [1.29, 1.82) is 0 Å². The van der Waals surface area contributed by atoms with Crippen LogP contribution in [-0.2, 0) is 24.9 Å². The Bertz CT molecular complexity index is 776. The van der Waals surface area contributed by atoms with Crippen molar-refractivity contribution in [2.75, 3.05) is 34.4 Å². The van der Waals surface area contributed by atoms with Gasteiger partial charge in [-0.1, -0.05) is 26.0 Å². The summed E-state index contributed by atoms with van der Waals surface area (Å²) in [6.07, 6.45) is 2.08. The fourth-order valence-corrected chi connectivity index (χ4v) is 3.05. The number of ether oxygens (including phenoxy) is 2. The molecule has 2 aromatic rings. The van der Waals surface area contributed by atoms with Gasteiger partial charge in [0.1, 0.15) is 12.4 Å². The number of nitrogens with zero attached hydrogens (tertiary/aromatic N) is 4. The monoisotopic (exact) mass is 515 g/mol. The number of aliphatic imine (C=N–C) groups is 1. The van der Waals surface area contributed by atoms with Crippen molar-refractivity contribution in [1.82, 2.24) is 20.0 Å². The maximum absolute atomic E-state index is 5.68. The van der Waals surface area contributed by atoms with E-state index in [-0.39, 0.29) is 24.0 Å². The van der Waals surface area contributed by atoms with E-state index in [0.29, 0.717) is 25.7 Å². The molecular formula is C21H34IN5O2. The Balaban J connectivity index is 0.00000420. The number of halogens is 1. The van der Waals surface area contributed by atoms with Crippen LogP contribution in [-0.4, -0.2) is 55.1 Å². The van der Waals surface area contributed by atoms with Crippen LogP contribution in [0.5, 0.6) is 5.75 Å². The van der Waals surface area contributed by atoms with Crippen LogP contribution < -0.4 is 10.1 Å². The summed E-state index contributed by atoms with van der Waals surface area (Å²) in [5, 5.41) is 8.01. The molecule has 1 N–H and O–H groups in total. The molecule has 0 unspecified atom stereocenters. The summed E-state index contributed by atoms with van der Waals surface area (Å²) in [5.74, 6) is 2.07. The van der Waals surface area contributed by atoms with Gasteiger partial charge in [0, 0.05) is 53.1 Å². The van der Waals surface area contributed by atoms with E-state index in [2.05, 4.69) is 46.4 Å². The van der Waals surface area contributed by atoms with E-state index in [1.54, 1.807) is 14.2 Å². The minimum atomic E-state index is 0. The predicted octanol–water partition coefficient (Wildman–Crippen LogP) is 3.39. The fraction of sp³-hybridized carbons (Fsp3) is 0.524. The molecule has 0 radical (unpaired) electrons. The summed E-state index contributed by atoms with van der Waals surface area (Å²) in [4.78, 5) is 6.53. The van der Waals surface area contributed by atoms with Gasteiger partial charge in [-0.2, -0.15) is 5.10 Å². The highest BCUT2D eigenvalue weighted by molar-refractivity contribution is 14.0. The van der Waals surface area contributed by atoms with Crippen LogP contribution in [0.1, 0.15) is 36.6 Å². The molecule has 0 saturated carbocycles. The lowest BCUT2D eigenvalue weighted by Gasteiger charge is -2.22. The molecule has 0 atom stereocenters. The number of nitrogens with one attached hydrogen (secondary N) is 1. The number of benzene rings is 1. The second-order valence-electron chi connectivity index (χ2n) is 7.11. The minimum Gasteiger partial charge on any atom is -0.491 e. The Labute approximate surface area is 191 Å². The van der Waals surface area contributed by atoms with Crippen LogP contribution in [0.2, 0.25) is 0 Å². The van der Waals surface area contributed by atoms with Crippen LogP contribution in [0.3, 0.4) is 0 Å². The molecule has 7 nitrogen and oxygen atoms in total. The number of hydrogen-bond donors (Lipinski definition) is 1. The SMILES string of the molecule is CN=C(NCc1cccc(OCCOC)c1)N(C)Cc1cn(C)nc1C(C)C.I. The van der Waals surface area contributed by atoms with Crippen molar-refractivity contribution in [2.45, 2.75) is 32.9 Å². The highest BCUT2D eigenvalue weighted by Crippen LogP contribution is 2.18. The number of hydrogen-bond acceptors (Lipinski definition) is 4. The predicted molar refractivity (Wildman–Crippen MR) is 128 cm³/mol. The standard InChI is InChI=1S/C21H33N5O2.HI/c1-16(2)20-18(15-26(5)24-20)14-25(4)21(22-3)23-13-17-8-7-9-19(12-17)28-11-10-27-6;/h7-9,12,15-16H,10-11,13-14H2,1-6H3,(H,22,23);1H. The minimum absolute atomic E-state index is 0. The summed E-state index contributed by atoms with van der Waals surface area (Å²) in [5.41, 5.74) is 3.48. The highest BCUT2D eigenvalue weighted by atomic mass is 127. The summed E-state index contributed by atoms with van der Waals surface area (Å²) in [6.45, 7) is 6.87. The molecule has 0 saturated heterocycles. The number of guanidine groups is 1. The van der Waals surface area contributed by atoms with Gasteiger partial charge in [0.05, 0.1) is 12.3 Å². The molecule has 8 heteroatoms. The zero-order valence-electron chi connectivity index (χ0n) is 18.3. The lowest BCUT2D eigenvalue weighted by molar-refractivity contribution is 0.146. The van der Waals surface area contributed by atoms with Crippen LogP contribution >= 0.6 is 24.0 Å². The summed E-state index contributed by atoms with van der Waals surface area (Å²) in [7, 11) is 7.47. The van der Waals surface area contributed by atoms with E-state index in [4.69, 9.17) is 9.47 Å². The van der Waals surface area contributed by atoms with E-state index in [1.165, 1.54) is 5.56 Å². The van der Waals surface area contributed by atoms with Crippen LogP contribution in [0, 0.1) is 0 Å². The summed E-state index contributed by atoms with van der Waals surface area (Å²) in [6, 6.07) is 8.06. The normalized spacial score (nSPS) is 11.3. The first-order valence-corrected chi connectivity index (χ1v) is 9.59. The van der Waals surface area contributed by atoms with E-state index < -0.39 is 0 Å². The number of aromatic nitrogens is 2. The average Bonchev–Trinajstić information content (AvgIpc) is 3.03. The first kappa shape index (κ1) is 25.2. The van der Waals surface area contributed by atoms with Gasteiger partial charge in [-0.25, -0.2) is 0 Å². The first-order chi connectivity index (χ1) is 13.4. The van der Waals surface area contributed by atoms with Gasteiger partial charge in [0.15, 0.2) is 5.96 Å². The topological polar surface area (TPSA) is 63.9 Å². The van der Waals surface area contributed by atoms with E-state index >= 15 is 0 Å². The molecule has 0 bridgehead atoms. The maximum atomic E-state index is 5.68. The van der Waals surface area contributed by atoms with Crippen molar-refractivity contribution in [3.63, 3.8) is 0 Å². The van der Waals surface area contributed by atoms with Gasteiger partial charge in [0.25, 0.3) is 0 Å². The lowest BCUT2D eigenvalue weighted by Crippen LogP contribution is -2.38. The number of aryl methyl sites for hydroxylation is 1. The third-order valence-corrected chi connectivity index (χ3v) is 4.37. The summed E-state index contributed by atoms with van der Waals surface area (Å²) < 4.78 is 12.6. The fourth-order valence-electron chi connectivity index (χ4n) is 3.05. The quantitative estimate of drug-likeness (QED) is 0.240. The van der Waals surface area contributed by atoms with Crippen molar-refractivity contribution < 1.29 is 9.47 Å². The zero-order valence-corrected chi connectivity index (χ0v) is 20.6. The largest absolute Gasteiger partial charge is 0.491 e. The molecule has 1 aromatic carbocycles. The Hall–Kier alpha value is -1.81. The van der Waals surface area contributed by atoms with Gasteiger partial charge in [-0.05, 0) is 23.6 Å². The molecule has 2 rings (SSSR count). The molecule has 29 heavy (non-hydrogen) atoms. The molecular weight excluding hydrogens is 481 g/mol. The van der Waals surface area contributed by atoms with Gasteiger partial charge in [0.2, 0.25) is 0 Å². The molecule has 0 aliphatic carbocycles. The molecule has 1 heterocycles. The van der Waals surface area contributed by atoms with Gasteiger partial charge in [-0.15, -0.1) is 24.0 Å². The highest BCUT2D eigenvalue weighted by Gasteiger charge is 2.15. The number of methoxy groups -OCH3 is 1. The van der Waals surface area contributed by atoms with Crippen LogP contribution in [0.25, 0.3) is 0 Å². The van der Waals surface area contributed by atoms with Crippen LogP contribution in [0.15, 0.2) is 35.5 Å². The molecule has 0 aliphatic heterocycles. The Kier molecular flexibility index (Phi) is 11.0. The molecule has 1 aromatic heterocycles. The average molecular weight is 515 g/mol. The second kappa shape index (κ2) is 12.7. The maximum Gasteiger partial charge on any atom is 0.193 e. The lowest BCUT2D eigenvalue weighted by atomic mass is 10.1. The van der Waals surface area contributed by atoms with Gasteiger partial charge < -0.3 is 19.7 Å². The molecule has 0 amide bonds. The number of rotatable bonds is 9. The molecule has 0 aliphatic rings. The molecule has 0 fully saturated rings. The van der Waals surface area contributed by atoms with Crippen molar-refractivity contribution in [3.8, 4) is 5.75 Å². The zero-order chi connectivity index (χ0) is 20.5. The second-order valence-corrected chi connectivity index (χ2v) is 7.11. The van der Waals surface area contributed by atoms with Gasteiger partial charge >= 0.3 is 0 Å². The third kappa shape index (κ3) is 7.85. The smallest absolute Gasteiger partial charge is 0.193 e. The Morgan fingerprint density at radius 1 is 1.31 bits per heavy atom. The first-order valence-electron chi connectivity index (χ1n) is 9.59. The van der Waals surface area contributed by atoms with Crippen molar-refractivity contribution in [2.24, 2.45) is 12.0 Å². The Morgan fingerprint density at radius 3 is 2.72 bits per heavy atom. The van der Waals surface area contributed by atoms with Crippen LogP contribution in [0.4, 0.5) is 0 Å². The molecule has 0 spiro atoms. The van der Waals surface area contributed by atoms with E-state index in [1.807, 2.05) is 37.0 Å². The van der Waals surface area contributed by atoms with Crippen molar-refractivity contribution in [3.05, 3.63) is 47.3 Å². The van der Waals surface area contributed by atoms with Gasteiger partial charge in [-0.3, -0.25) is 9.67 Å². The Morgan fingerprint density at radius 2 is 2.07 bits per heavy atom. The third-order valence-electron chi connectivity index (χ3n) is 4.37. The summed E-state index contributed by atoms with van der Waals surface area (Å²) >= 11 is 0. The van der Waals surface area contributed by atoms with E-state index in [9.17, 15) is 0 Å². The van der Waals surface area contributed by atoms with Crippen molar-refractivity contribution >= 4 is 29.9 Å². The van der Waals surface area contributed by atoms with E-state index in [0.717, 1.165) is 29.5 Å². The molecule has 162 valence electrons.